The van der Waals surface area contributed by atoms with Gasteiger partial charge in [0.25, 0.3) is 0 Å². The van der Waals surface area contributed by atoms with Gasteiger partial charge in [-0.05, 0) is 30.2 Å². The van der Waals surface area contributed by atoms with Gasteiger partial charge >= 0.3 is 10.2 Å². The first kappa shape index (κ1) is 10.5. The Morgan fingerprint density at radius 2 is 2.08 bits per heavy atom. The molecular formula is C8H8ClFO2S. The Balaban J connectivity index is 3.30. The van der Waals surface area contributed by atoms with Crippen molar-refractivity contribution in [2.24, 2.45) is 0 Å². The minimum absolute atomic E-state index is 0.339. The van der Waals surface area contributed by atoms with E-state index >= 15 is 0 Å². The summed E-state index contributed by atoms with van der Waals surface area (Å²) in [6, 6.07) is 3.78. The summed E-state index contributed by atoms with van der Waals surface area (Å²) in [6.07, 6.45) is 0.572. The van der Waals surface area contributed by atoms with Crippen LogP contribution in [-0.2, 0) is 16.6 Å². The molecule has 0 aliphatic carbocycles. The summed E-state index contributed by atoms with van der Waals surface area (Å²) in [6.45, 7) is 1.82. The molecule has 0 bridgehead atoms. The van der Waals surface area contributed by atoms with Crippen LogP contribution in [0, 0.1) is 0 Å². The molecule has 0 radical (unpaired) electrons. The zero-order valence-corrected chi connectivity index (χ0v) is 8.49. The zero-order valence-electron chi connectivity index (χ0n) is 6.92. The maximum Gasteiger partial charge on any atom is 0.332 e. The summed E-state index contributed by atoms with van der Waals surface area (Å²) in [5.74, 6) is 0. The van der Waals surface area contributed by atoms with E-state index in [2.05, 4.69) is 0 Å². The molecule has 13 heavy (non-hydrogen) atoms. The van der Waals surface area contributed by atoms with Crippen molar-refractivity contribution in [3.05, 3.63) is 28.8 Å². The van der Waals surface area contributed by atoms with Gasteiger partial charge in [-0.3, -0.25) is 0 Å². The Bertz CT molecular complexity index is 414. The molecule has 0 saturated carbocycles. The molecule has 0 fully saturated rings. The molecule has 0 aromatic heterocycles. The van der Waals surface area contributed by atoms with E-state index in [-0.39, 0.29) is 4.90 Å². The largest absolute Gasteiger partial charge is 0.332 e. The first-order chi connectivity index (χ1) is 5.95. The minimum Gasteiger partial charge on any atom is -0.189 e. The van der Waals surface area contributed by atoms with Crippen molar-refractivity contribution in [1.82, 2.24) is 0 Å². The number of benzene rings is 1. The molecule has 0 atom stereocenters. The Kier molecular flexibility index (Phi) is 2.93. The second-order valence-corrected chi connectivity index (χ2v) is 4.30. The van der Waals surface area contributed by atoms with Crippen molar-refractivity contribution in [3.63, 3.8) is 0 Å². The maximum absolute atomic E-state index is 12.5. The monoisotopic (exact) mass is 222 g/mol. The lowest BCUT2D eigenvalue weighted by molar-refractivity contribution is 0.552. The third kappa shape index (κ3) is 2.42. The van der Waals surface area contributed by atoms with Gasteiger partial charge in [-0.2, -0.15) is 8.42 Å². The van der Waals surface area contributed by atoms with Crippen molar-refractivity contribution >= 4 is 21.8 Å². The van der Waals surface area contributed by atoms with E-state index in [9.17, 15) is 12.3 Å². The van der Waals surface area contributed by atoms with E-state index in [1.165, 1.54) is 12.1 Å². The Hall–Kier alpha value is -0.610. The number of aryl methyl sites for hydroxylation is 1. The molecule has 0 unspecified atom stereocenters. The average molecular weight is 223 g/mol. The molecule has 0 aliphatic rings. The standard InChI is InChI=1S/C8H8ClFO2S/c1-2-6-5-7(13(10,11)12)3-4-8(6)9/h3-5H,2H2,1H3. The van der Waals surface area contributed by atoms with Gasteiger partial charge in [0.05, 0.1) is 4.90 Å². The fourth-order valence-corrected chi connectivity index (χ4v) is 1.74. The summed E-state index contributed by atoms with van der Waals surface area (Å²) >= 11 is 5.73. The lowest BCUT2D eigenvalue weighted by atomic mass is 10.2. The fraction of sp³-hybridized carbons (Fsp3) is 0.250. The van der Waals surface area contributed by atoms with Crippen molar-refractivity contribution in [2.45, 2.75) is 18.2 Å². The summed E-state index contributed by atoms with van der Waals surface area (Å²) in [5, 5.41) is 0.454. The van der Waals surface area contributed by atoms with Crippen LogP contribution in [0.1, 0.15) is 12.5 Å². The quantitative estimate of drug-likeness (QED) is 0.721. The number of halogens is 2. The highest BCUT2D eigenvalue weighted by molar-refractivity contribution is 7.86. The topological polar surface area (TPSA) is 34.1 Å². The van der Waals surface area contributed by atoms with Crippen LogP contribution in [0.4, 0.5) is 3.89 Å². The second-order valence-electron chi connectivity index (χ2n) is 2.54. The summed E-state index contributed by atoms with van der Waals surface area (Å²) < 4.78 is 33.5. The molecule has 0 N–H and O–H groups in total. The smallest absolute Gasteiger partial charge is 0.189 e. The lowest BCUT2D eigenvalue weighted by Crippen LogP contribution is -1.93. The molecule has 2 nitrogen and oxygen atoms in total. The number of hydrogen-bond acceptors (Lipinski definition) is 2. The molecule has 72 valence electrons. The number of hydrogen-bond donors (Lipinski definition) is 0. The Morgan fingerprint density at radius 1 is 1.46 bits per heavy atom. The van der Waals surface area contributed by atoms with Gasteiger partial charge in [-0.15, -0.1) is 3.89 Å². The van der Waals surface area contributed by atoms with Crippen molar-refractivity contribution < 1.29 is 12.3 Å². The fourth-order valence-electron chi connectivity index (χ4n) is 0.974. The average Bonchev–Trinajstić information content (AvgIpc) is 2.03. The van der Waals surface area contributed by atoms with E-state index in [4.69, 9.17) is 11.6 Å². The summed E-state index contributed by atoms with van der Waals surface area (Å²) in [5.41, 5.74) is 0.625. The molecule has 1 aromatic carbocycles. The number of rotatable bonds is 2. The van der Waals surface area contributed by atoms with Crippen LogP contribution in [0.3, 0.4) is 0 Å². The predicted molar refractivity (Wildman–Crippen MR) is 49.1 cm³/mol. The van der Waals surface area contributed by atoms with E-state index < -0.39 is 10.2 Å². The van der Waals surface area contributed by atoms with Crippen LogP contribution in [0.2, 0.25) is 5.02 Å². The zero-order chi connectivity index (χ0) is 10.1. The molecule has 0 aliphatic heterocycles. The van der Waals surface area contributed by atoms with Gasteiger partial charge in [0, 0.05) is 5.02 Å². The van der Waals surface area contributed by atoms with Crippen LogP contribution in [0.15, 0.2) is 23.1 Å². The first-order valence-electron chi connectivity index (χ1n) is 3.68. The van der Waals surface area contributed by atoms with E-state index in [0.29, 0.717) is 17.0 Å². The normalized spacial score (nSPS) is 11.6. The van der Waals surface area contributed by atoms with Gasteiger partial charge in [0.1, 0.15) is 0 Å². The van der Waals surface area contributed by atoms with Crippen molar-refractivity contribution in [1.29, 1.82) is 0 Å². The highest BCUT2D eigenvalue weighted by atomic mass is 35.5. The maximum atomic E-state index is 12.5. The highest BCUT2D eigenvalue weighted by Gasteiger charge is 2.12. The van der Waals surface area contributed by atoms with Gasteiger partial charge in [0.15, 0.2) is 0 Å². The minimum atomic E-state index is -4.61. The van der Waals surface area contributed by atoms with Crippen LogP contribution in [0.25, 0.3) is 0 Å². The Labute approximate surface area is 81.6 Å². The van der Waals surface area contributed by atoms with E-state index in [1.54, 1.807) is 0 Å². The molecule has 0 saturated heterocycles. The van der Waals surface area contributed by atoms with Crippen LogP contribution < -0.4 is 0 Å². The predicted octanol–water partition coefficient (Wildman–Crippen LogP) is 2.56. The summed E-state index contributed by atoms with van der Waals surface area (Å²) in [7, 11) is -4.61. The van der Waals surface area contributed by atoms with Crippen LogP contribution >= 0.6 is 11.6 Å². The SMILES string of the molecule is CCc1cc(S(=O)(=O)F)ccc1Cl. The van der Waals surface area contributed by atoms with Crippen molar-refractivity contribution in [2.75, 3.05) is 0 Å². The third-order valence-corrected chi connectivity index (χ3v) is 2.87. The van der Waals surface area contributed by atoms with Gasteiger partial charge < -0.3 is 0 Å². The first-order valence-corrected chi connectivity index (χ1v) is 5.44. The lowest BCUT2D eigenvalue weighted by Gasteiger charge is -2.01. The highest BCUT2D eigenvalue weighted by Crippen LogP contribution is 2.21. The molecule has 5 heteroatoms. The molecule has 1 rings (SSSR count). The second kappa shape index (κ2) is 3.64. The van der Waals surface area contributed by atoms with Gasteiger partial charge in [-0.25, -0.2) is 0 Å². The molecule has 0 heterocycles. The molecule has 1 aromatic rings. The third-order valence-electron chi connectivity index (χ3n) is 1.68. The van der Waals surface area contributed by atoms with Gasteiger partial charge in [-0.1, -0.05) is 18.5 Å². The Morgan fingerprint density at radius 3 is 2.54 bits per heavy atom. The molecule has 0 spiro atoms. The summed E-state index contributed by atoms with van der Waals surface area (Å²) in [4.78, 5) is -0.339. The van der Waals surface area contributed by atoms with E-state index in [1.807, 2.05) is 6.92 Å². The van der Waals surface area contributed by atoms with Crippen molar-refractivity contribution in [3.8, 4) is 0 Å². The molecular weight excluding hydrogens is 215 g/mol. The van der Waals surface area contributed by atoms with Gasteiger partial charge in [0.2, 0.25) is 0 Å². The van der Waals surface area contributed by atoms with E-state index in [0.717, 1.165) is 6.07 Å². The molecule has 0 amide bonds. The van der Waals surface area contributed by atoms with Crippen LogP contribution in [-0.4, -0.2) is 8.42 Å². The van der Waals surface area contributed by atoms with Crippen LogP contribution in [0.5, 0.6) is 0 Å².